The summed E-state index contributed by atoms with van der Waals surface area (Å²) in [4.78, 5) is 67.4. The fourth-order valence-electron chi connectivity index (χ4n) is 15.8. The summed E-state index contributed by atoms with van der Waals surface area (Å²) in [6.45, 7) is 20.7. The molecule has 2 aromatic carbocycles. The summed E-state index contributed by atoms with van der Waals surface area (Å²) in [6.07, 6.45) is 19.1. The minimum absolute atomic E-state index is 0.0374. The molecule has 3 amide bonds. The zero-order valence-electron chi connectivity index (χ0n) is 47.0. The van der Waals surface area contributed by atoms with Gasteiger partial charge in [-0.25, -0.2) is 19.3 Å². The lowest BCUT2D eigenvalue weighted by Crippen LogP contribution is -2.68. The van der Waals surface area contributed by atoms with Gasteiger partial charge in [0.1, 0.15) is 18.0 Å². The Morgan fingerprint density at radius 1 is 0.882 bits per heavy atom. The topological polar surface area (TPSA) is 187 Å². The van der Waals surface area contributed by atoms with E-state index in [1.165, 1.54) is 77.3 Å². The van der Waals surface area contributed by atoms with Gasteiger partial charge >= 0.3 is 6.09 Å². The summed E-state index contributed by atoms with van der Waals surface area (Å²) in [7, 11) is -2.64. The number of aromatic nitrogens is 4. The Labute approximate surface area is 453 Å². The van der Waals surface area contributed by atoms with Gasteiger partial charge in [-0.15, -0.1) is 0 Å². The second-order valence-corrected chi connectivity index (χ2v) is 30.5. The van der Waals surface area contributed by atoms with Crippen LogP contribution in [0.4, 0.5) is 4.79 Å². The first-order valence-electron chi connectivity index (χ1n) is 28.7. The van der Waals surface area contributed by atoms with Crippen LogP contribution in [0.15, 0.2) is 85.7 Å². The summed E-state index contributed by atoms with van der Waals surface area (Å²) in [6, 6.07) is 20.0. The number of hydrogen-bond donors (Lipinski definition) is 4. The summed E-state index contributed by atoms with van der Waals surface area (Å²) >= 11 is 0. The fraction of sp³-hybridized carbons (Fsp3) is 0.639. The molecular formula is C61H88N8O6Si. The first kappa shape index (κ1) is 55.6. The first-order valence-corrected chi connectivity index (χ1v) is 30.7. The Balaban J connectivity index is 0.801. The number of benzene rings is 2. The van der Waals surface area contributed by atoms with Crippen molar-refractivity contribution in [1.82, 2.24) is 35.1 Å². The second-order valence-electron chi connectivity index (χ2n) is 26.3. The maximum atomic E-state index is 14.1. The maximum Gasteiger partial charge on any atom is 0.419 e. The van der Waals surface area contributed by atoms with Crippen LogP contribution in [0.3, 0.4) is 0 Å². The molecule has 0 spiro atoms. The normalized spacial score (nSPS) is 29.4. The van der Waals surface area contributed by atoms with Crippen molar-refractivity contribution in [3.63, 3.8) is 0 Å². The van der Waals surface area contributed by atoms with E-state index in [2.05, 4.69) is 128 Å². The number of H-pyrrole nitrogens is 1. The van der Waals surface area contributed by atoms with E-state index in [9.17, 15) is 19.2 Å². The monoisotopic (exact) mass is 1060 g/mol. The van der Waals surface area contributed by atoms with Crippen LogP contribution in [0.1, 0.15) is 151 Å². The van der Waals surface area contributed by atoms with Crippen molar-refractivity contribution in [2.75, 3.05) is 13.1 Å². The molecule has 5 unspecified atom stereocenters. The average molecular weight is 1060 g/mol. The third kappa shape index (κ3) is 11.4. The van der Waals surface area contributed by atoms with Crippen molar-refractivity contribution in [1.29, 1.82) is 0 Å². The number of imidazole rings is 2. The number of carbonyl (C=O) groups is 4. The van der Waals surface area contributed by atoms with Gasteiger partial charge in [-0.1, -0.05) is 102 Å². The van der Waals surface area contributed by atoms with Crippen molar-refractivity contribution in [3.05, 3.63) is 97.1 Å². The average Bonchev–Trinajstić information content (AvgIpc) is 4.28. The molecule has 2 aromatic heterocycles. The van der Waals surface area contributed by atoms with E-state index in [0.29, 0.717) is 54.2 Å². The number of amides is 3. The third-order valence-corrected chi connectivity index (χ3v) is 24.5. The highest BCUT2D eigenvalue weighted by Crippen LogP contribution is 2.68. The minimum atomic E-state index is -2.64. The van der Waals surface area contributed by atoms with Gasteiger partial charge in [0, 0.05) is 62.6 Å². The molecule has 9 rings (SSSR count). The number of aromatic amines is 1. The van der Waals surface area contributed by atoms with Crippen LogP contribution in [0, 0.1) is 46.3 Å². The molecule has 14 nitrogen and oxygen atoms in total. The highest BCUT2D eigenvalue weighted by molar-refractivity contribution is 6.99. The molecule has 1 aliphatic heterocycles. The lowest BCUT2D eigenvalue weighted by molar-refractivity contribution is -0.139. The van der Waals surface area contributed by atoms with E-state index in [-0.39, 0.29) is 47.8 Å². The zero-order chi connectivity index (χ0) is 54.2. The standard InChI is InChI=1S/C61H88N8O6Si/c1-40(20-25-54(70)67-44-34-53(55(71)64-31-28-42-35-63-38-65-42)69(37-44)56(72)52(62)33-43-36-68(39-66-43)57(73)74-58(2,3)4)49-23-24-50-48-22-21-41-32-45(26-29-60(41,8)51(48)27-30-61(49,50)9)75-76(59(5,6)7,46-16-12-10-13-17-46)47-18-14-11-15-19-47/h10-19,35-36,38-41,44-45,48-53H,20-34,37,62H2,1-9H3,(H,63,65)(H,64,71)(H,67,70)/t40-,41?,44+,45+,48?,49-,50?,51?,52?,53+,60+,61-/m1/s1. The SMILES string of the molecule is C[C@H](CCC(=O)N[C@H]1C[C@@H](C(=O)NCCc2cnc[nH]2)N(C(=O)C(N)Cc2cn(C(=O)OC(C)(C)C)cn2)C1)[C@H]1CCC2C3CCC4C[C@@H](O[Si](c5ccccc5)(c5ccccc5)C(C)(C)C)CC[C@]4(C)C3CC[C@@]21C. The Morgan fingerprint density at radius 2 is 1.57 bits per heavy atom. The van der Waals surface area contributed by atoms with Crippen LogP contribution in [0.2, 0.25) is 5.04 Å². The Hall–Kier alpha value is -5.12. The van der Waals surface area contributed by atoms with E-state index < -0.39 is 44.0 Å². The first-order chi connectivity index (χ1) is 36.1. The van der Waals surface area contributed by atoms with Crippen LogP contribution in [0.25, 0.3) is 0 Å². The van der Waals surface area contributed by atoms with E-state index in [1.807, 2.05) is 0 Å². The Kier molecular flexibility index (Phi) is 16.3. The number of likely N-dealkylation sites (tertiary alicyclic amines) is 1. The molecule has 4 saturated carbocycles. The van der Waals surface area contributed by atoms with Gasteiger partial charge in [-0.2, -0.15) is 0 Å². The van der Waals surface area contributed by atoms with Crippen LogP contribution in [-0.2, 0) is 36.4 Å². The van der Waals surface area contributed by atoms with Crippen molar-refractivity contribution in [2.24, 2.45) is 52.1 Å². The molecule has 12 atom stereocenters. The number of ether oxygens (including phenoxy) is 1. The van der Waals surface area contributed by atoms with Gasteiger partial charge in [0.25, 0.3) is 8.32 Å². The van der Waals surface area contributed by atoms with Gasteiger partial charge < -0.3 is 35.4 Å². The predicted octanol–water partition coefficient (Wildman–Crippen LogP) is 8.72. The van der Waals surface area contributed by atoms with Gasteiger partial charge in [-0.3, -0.25) is 14.4 Å². The smallest absolute Gasteiger partial charge is 0.419 e. The molecule has 3 heterocycles. The summed E-state index contributed by atoms with van der Waals surface area (Å²) in [5, 5.41) is 8.92. The van der Waals surface area contributed by atoms with Crippen molar-refractivity contribution in [2.45, 2.75) is 187 Å². The summed E-state index contributed by atoms with van der Waals surface area (Å²) in [5.41, 5.74) is 7.77. The third-order valence-electron chi connectivity index (χ3n) is 19.5. The molecular weight excluding hydrogens is 969 g/mol. The van der Waals surface area contributed by atoms with E-state index in [1.54, 1.807) is 33.3 Å². The van der Waals surface area contributed by atoms with Crippen LogP contribution >= 0.6 is 0 Å². The van der Waals surface area contributed by atoms with Gasteiger partial charge in [0.2, 0.25) is 17.7 Å². The van der Waals surface area contributed by atoms with Gasteiger partial charge in [-0.05, 0) is 153 Å². The van der Waals surface area contributed by atoms with Crippen LogP contribution in [-0.4, -0.2) is 99.5 Å². The maximum absolute atomic E-state index is 14.1. The zero-order valence-corrected chi connectivity index (χ0v) is 48.0. The van der Waals surface area contributed by atoms with Gasteiger partial charge in [0.15, 0.2) is 0 Å². The molecule has 4 aromatic rings. The molecule has 1 saturated heterocycles. The molecule has 0 bridgehead atoms. The second kappa shape index (κ2) is 22.3. The molecule has 76 heavy (non-hydrogen) atoms. The molecule has 5 N–H and O–H groups in total. The molecule has 5 fully saturated rings. The van der Waals surface area contributed by atoms with Crippen molar-refractivity contribution < 1.29 is 28.3 Å². The Morgan fingerprint density at radius 3 is 2.22 bits per heavy atom. The van der Waals surface area contributed by atoms with Gasteiger partial charge in [0.05, 0.1) is 18.1 Å². The van der Waals surface area contributed by atoms with Crippen molar-refractivity contribution in [3.8, 4) is 0 Å². The Bertz CT molecular complexity index is 2590. The summed E-state index contributed by atoms with van der Waals surface area (Å²) in [5.74, 6) is 3.08. The minimum Gasteiger partial charge on any atom is -0.443 e. The van der Waals surface area contributed by atoms with E-state index in [4.69, 9.17) is 14.9 Å². The van der Waals surface area contributed by atoms with Crippen molar-refractivity contribution >= 4 is 42.5 Å². The highest BCUT2D eigenvalue weighted by Gasteiger charge is 2.61. The predicted molar refractivity (Wildman–Crippen MR) is 299 cm³/mol. The number of nitrogens with one attached hydrogen (secondary N) is 3. The summed E-state index contributed by atoms with van der Waals surface area (Å²) < 4.78 is 14.5. The van der Waals surface area contributed by atoms with Crippen LogP contribution in [0.5, 0.6) is 0 Å². The number of rotatable bonds is 16. The molecule has 0 radical (unpaired) electrons. The molecule has 5 aliphatic rings. The molecule has 4 aliphatic carbocycles. The quantitative estimate of drug-likeness (QED) is 0.0797. The molecule has 15 heteroatoms. The van der Waals surface area contributed by atoms with Crippen LogP contribution < -0.4 is 26.7 Å². The highest BCUT2D eigenvalue weighted by atomic mass is 28.4. The number of hydrogen-bond acceptors (Lipinski definition) is 9. The lowest BCUT2D eigenvalue weighted by atomic mass is 9.44. The molecule has 412 valence electrons. The fourth-order valence-corrected chi connectivity index (χ4v) is 20.5. The van der Waals surface area contributed by atoms with E-state index >= 15 is 0 Å². The number of nitrogens with zero attached hydrogens (tertiary/aromatic N) is 4. The van der Waals surface area contributed by atoms with E-state index in [0.717, 1.165) is 36.8 Å². The number of fused-ring (bicyclic) bond motifs is 5. The number of carbonyl (C=O) groups excluding carboxylic acids is 4. The lowest BCUT2D eigenvalue weighted by Gasteiger charge is -2.62. The largest absolute Gasteiger partial charge is 0.443 e. The number of nitrogens with two attached hydrogens (primary N) is 1.